The molecule has 210 valence electrons. The maximum Gasteiger partial charge on any atom is 0.338 e. The summed E-state index contributed by atoms with van der Waals surface area (Å²) in [6, 6.07) is 16.6. The fourth-order valence-corrected chi connectivity index (χ4v) is 6.45. The van der Waals surface area contributed by atoms with E-state index in [0.717, 1.165) is 28.3 Å². The molecule has 0 unspecified atom stereocenters. The number of benzene rings is 3. The third-order valence-corrected chi connectivity index (χ3v) is 8.16. The summed E-state index contributed by atoms with van der Waals surface area (Å²) in [5.74, 6) is 1.42. The van der Waals surface area contributed by atoms with Gasteiger partial charge in [-0.05, 0) is 54.0 Å². The van der Waals surface area contributed by atoms with E-state index >= 15 is 0 Å². The molecule has 3 heterocycles. The average Bonchev–Trinajstić information content (AvgIpc) is 3.30. The van der Waals surface area contributed by atoms with Gasteiger partial charge in [-0.2, -0.15) is 0 Å². The van der Waals surface area contributed by atoms with Crippen LogP contribution in [0.1, 0.15) is 43.9 Å². The van der Waals surface area contributed by atoms with Gasteiger partial charge < -0.3 is 18.9 Å². The van der Waals surface area contributed by atoms with E-state index in [-0.39, 0.29) is 12.2 Å². The summed E-state index contributed by atoms with van der Waals surface area (Å²) in [5.41, 5.74) is 2.27. The first kappa shape index (κ1) is 26.8. The SMILES string of the molecule is CCCC1=C(C(=O)OCC)[C@@H](c2c(OC)ccc3ccccc23)n2c(s/c(=C\c3ccc4c(c3)OCCO4)c2=O)=N1. The van der Waals surface area contributed by atoms with Crippen LogP contribution in [0.15, 0.2) is 75.7 Å². The van der Waals surface area contributed by atoms with Gasteiger partial charge in [0.1, 0.15) is 25.0 Å². The minimum atomic E-state index is -0.782. The summed E-state index contributed by atoms with van der Waals surface area (Å²) in [6.45, 7) is 4.99. The Morgan fingerprint density at radius 2 is 1.90 bits per heavy atom. The van der Waals surface area contributed by atoms with E-state index < -0.39 is 12.0 Å². The number of nitrogens with zero attached hydrogens (tertiary/aromatic N) is 2. The maximum absolute atomic E-state index is 14.2. The molecule has 0 radical (unpaired) electrons. The molecule has 0 bridgehead atoms. The van der Waals surface area contributed by atoms with Crippen LogP contribution in [0.3, 0.4) is 0 Å². The molecule has 0 amide bonds. The molecule has 8 nitrogen and oxygen atoms in total. The lowest BCUT2D eigenvalue weighted by Crippen LogP contribution is -2.40. The number of carbonyl (C=O) groups excluding carboxylic acids is 1. The van der Waals surface area contributed by atoms with E-state index in [1.165, 1.54) is 11.3 Å². The van der Waals surface area contributed by atoms with Crippen molar-refractivity contribution < 1.29 is 23.7 Å². The Labute approximate surface area is 240 Å². The summed E-state index contributed by atoms with van der Waals surface area (Å²) >= 11 is 1.30. The Morgan fingerprint density at radius 1 is 1.10 bits per heavy atom. The Bertz CT molecular complexity index is 1870. The first-order chi connectivity index (χ1) is 20.0. The minimum absolute atomic E-state index is 0.204. The van der Waals surface area contributed by atoms with E-state index in [1.807, 2.05) is 67.6 Å². The molecular formula is C32H30N2O6S. The van der Waals surface area contributed by atoms with Gasteiger partial charge in [0.15, 0.2) is 16.3 Å². The van der Waals surface area contributed by atoms with E-state index in [1.54, 1.807) is 18.6 Å². The van der Waals surface area contributed by atoms with E-state index in [0.29, 0.717) is 57.5 Å². The van der Waals surface area contributed by atoms with Crippen LogP contribution in [0.4, 0.5) is 0 Å². The smallest absolute Gasteiger partial charge is 0.338 e. The van der Waals surface area contributed by atoms with Crippen LogP contribution in [-0.4, -0.2) is 37.5 Å². The van der Waals surface area contributed by atoms with Crippen LogP contribution < -0.4 is 29.1 Å². The molecule has 4 aromatic rings. The Balaban J connectivity index is 1.64. The number of fused-ring (bicyclic) bond motifs is 3. The predicted octanol–water partition coefficient (Wildman–Crippen LogP) is 4.51. The van der Waals surface area contributed by atoms with Crippen molar-refractivity contribution in [2.45, 2.75) is 32.7 Å². The van der Waals surface area contributed by atoms with Crippen molar-refractivity contribution in [3.8, 4) is 17.2 Å². The molecule has 0 N–H and O–H groups in total. The molecule has 41 heavy (non-hydrogen) atoms. The molecule has 2 aliphatic rings. The predicted molar refractivity (Wildman–Crippen MR) is 158 cm³/mol. The van der Waals surface area contributed by atoms with Crippen molar-refractivity contribution in [3.63, 3.8) is 0 Å². The van der Waals surface area contributed by atoms with Gasteiger partial charge in [-0.15, -0.1) is 0 Å². The summed E-state index contributed by atoms with van der Waals surface area (Å²) in [5, 5.41) is 1.86. The number of carbonyl (C=O) groups is 1. The first-order valence-electron chi connectivity index (χ1n) is 13.7. The molecule has 3 aromatic carbocycles. The fraction of sp³-hybridized carbons (Fsp3) is 0.281. The van der Waals surface area contributed by atoms with E-state index in [9.17, 15) is 9.59 Å². The summed E-state index contributed by atoms with van der Waals surface area (Å²) in [7, 11) is 1.60. The number of thiazole rings is 1. The number of esters is 1. The molecule has 1 atom stereocenters. The normalized spacial score (nSPS) is 16.4. The van der Waals surface area contributed by atoms with Gasteiger partial charge in [-0.25, -0.2) is 9.79 Å². The molecule has 0 aliphatic carbocycles. The molecule has 0 fully saturated rings. The van der Waals surface area contributed by atoms with Crippen LogP contribution in [0.2, 0.25) is 0 Å². The second kappa shape index (κ2) is 11.2. The maximum atomic E-state index is 14.2. The highest BCUT2D eigenvalue weighted by Crippen LogP contribution is 2.41. The van der Waals surface area contributed by atoms with Crippen molar-refractivity contribution in [2.75, 3.05) is 26.9 Å². The van der Waals surface area contributed by atoms with Gasteiger partial charge >= 0.3 is 5.97 Å². The molecule has 0 saturated heterocycles. The summed E-state index contributed by atoms with van der Waals surface area (Å²) in [4.78, 5) is 33.3. The minimum Gasteiger partial charge on any atom is -0.496 e. The van der Waals surface area contributed by atoms with Crippen molar-refractivity contribution >= 4 is 34.2 Å². The van der Waals surface area contributed by atoms with Crippen LogP contribution in [0, 0.1) is 0 Å². The van der Waals surface area contributed by atoms with Crippen LogP contribution in [0.5, 0.6) is 17.2 Å². The number of allylic oxidation sites excluding steroid dienone is 1. The number of hydrogen-bond acceptors (Lipinski definition) is 8. The van der Waals surface area contributed by atoms with Gasteiger partial charge in [0.2, 0.25) is 0 Å². The topological polar surface area (TPSA) is 88.4 Å². The van der Waals surface area contributed by atoms with Crippen molar-refractivity contribution in [1.29, 1.82) is 0 Å². The molecule has 0 spiro atoms. The second-order valence-corrected chi connectivity index (χ2v) is 10.7. The molecule has 9 heteroatoms. The zero-order valence-corrected chi connectivity index (χ0v) is 24.0. The standard InChI is InChI=1S/C32H30N2O6S/c1-4-8-22-28(31(36)38-5-2)29(27-21-10-7-6-9-20(21)12-14-24(27)37-3)34-30(35)26(41-32(34)33-22)18-19-11-13-23-25(17-19)40-16-15-39-23/h6-7,9-14,17-18,29H,4-5,8,15-16H2,1-3H3/b26-18-/t29-/m1/s1. The van der Waals surface area contributed by atoms with Gasteiger partial charge in [0.05, 0.1) is 29.5 Å². The fourth-order valence-electron chi connectivity index (χ4n) is 5.43. The largest absolute Gasteiger partial charge is 0.496 e. The Morgan fingerprint density at radius 3 is 2.68 bits per heavy atom. The number of rotatable bonds is 7. The highest BCUT2D eigenvalue weighted by Gasteiger charge is 2.37. The van der Waals surface area contributed by atoms with Gasteiger partial charge in [0, 0.05) is 5.56 Å². The molecule has 0 saturated carbocycles. The highest BCUT2D eigenvalue weighted by molar-refractivity contribution is 7.07. The van der Waals surface area contributed by atoms with Crippen molar-refractivity contribution in [3.05, 3.63) is 96.7 Å². The van der Waals surface area contributed by atoms with Gasteiger partial charge in [-0.1, -0.05) is 61.1 Å². The van der Waals surface area contributed by atoms with E-state index in [4.69, 9.17) is 23.9 Å². The Kier molecular flexibility index (Phi) is 7.36. The van der Waals surface area contributed by atoms with Gasteiger partial charge in [0.25, 0.3) is 5.56 Å². The van der Waals surface area contributed by atoms with Crippen molar-refractivity contribution in [1.82, 2.24) is 4.57 Å². The lowest BCUT2D eigenvalue weighted by atomic mass is 9.90. The number of aromatic nitrogens is 1. The molecule has 6 rings (SSSR count). The monoisotopic (exact) mass is 570 g/mol. The third-order valence-electron chi connectivity index (χ3n) is 7.18. The highest BCUT2D eigenvalue weighted by atomic mass is 32.1. The van der Waals surface area contributed by atoms with Gasteiger partial charge in [-0.3, -0.25) is 9.36 Å². The summed E-state index contributed by atoms with van der Waals surface area (Å²) in [6.07, 6.45) is 3.16. The van der Waals surface area contributed by atoms with Crippen LogP contribution >= 0.6 is 11.3 Å². The lowest BCUT2D eigenvalue weighted by Gasteiger charge is -2.28. The van der Waals surface area contributed by atoms with Crippen LogP contribution in [0.25, 0.3) is 16.8 Å². The zero-order valence-electron chi connectivity index (χ0n) is 23.1. The Hall–Kier alpha value is -4.37. The zero-order chi connectivity index (χ0) is 28.5. The lowest BCUT2D eigenvalue weighted by molar-refractivity contribution is -0.139. The molecular weight excluding hydrogens is 540 g/mol. The average molecular weight is 571 g/mol. The second-order valence-electron chi connectivity index (χ2n) is 9.72. The van der Waals surface area contributed by atoms with E-state index in [2.05, 4.69) is 0 Å². The molecule has 2 aliphatic heterocycles. The first-order valence-corrected chi connectivity index (χ1v) is 14.5. The van der Waals surface area contributed by atoms with Crippen molar-refractivity contribution in [2.24, 2.45) is 4.99 Å². The summed E-state index contributed by atoms with van der Waals surface area (Å²) < 4.78 is 24.9. The quantitative estimate of drug-likeness (QED) is 0.304. The van der Waals surface area contributed by atoms with Crippen LogP contribution in [-0.2, 0) is 9.53 Å². The number of hydrogen-bond donors (Lipinski definition) is 0. The number of methoxy groups -OCH3 is 1. The number of ether oxygens (including phenoxy) is 4. The molecule has 1 aromatic heterocycles. The third kappa shape index (κ3) is 4.80.